The lowest BCUT2D eigenvalue weighted by Crippen LogP contribution is -2.44. The number of nitrogens with one attached hydrogen (secondary N) is 1. The third-order valence-corrected chi connectivity index (χ3v) is 3.41. The average molecular weight is 236 g/mol. The Morgan fingerprint density at radius 2 is 2.00 bits per heavy atom. The lowest BCUT2D eigenvalue weighted by Gasteiger charge is -2.42. The van der Waals surface area contributed by atoms with Gasteiger partial charge in [-0.05, 0) is 25.7 Å². The van der Waals surface area contributed by atoms with Gasteiger partial charge in [-0.15, -0.1) is 0 Å². The van der Waals surface area contributed by atoms with Crippen LogP contribution < -0.4 is 16.0 Å². The molecular weight excluding hydrogens is 216 g/mol. The van der Waals surface area contributed by atoms with Gasteiger partial charge in [0.15, 0.2) is 0 Å². The van der Waals surface area contributed by atoms with Crippen molar-refractivity contribution in [2.24, 2.45) is 0 Å². The van der Waals surface area contributed by atoms with Crippen LogP contribution in [0.15, 0.2) is 0 Å². The minimum atomic E-state index is 0.164. The molecule has 6 heteroatoms. The first-order valence-corrected chi connectivity index (χ1v) is 6.02. The van der Waals surface area contributed by atoms with Crippen molar-refractivity contribution in [3.8, 4) is 0 Å². The summed E-state index contributed by atoms with van der Waals surface area (Å²) in [6.45, 7) is 2.18. The normalized spacial score (nSPS) is 17.4. The Balaban J connectivity index is 2.20. The molecule has 3 N–H and O–H groups in total. The number of anilines is 3. The molecule has 0 aliphatic heterocycles. The standard InChI is InChI=1S/C11H20N6/c1-4-11(6-5-7-11)16-9-13-8(12)14-10(15-9)17(2)3/h4-7H2,1-3H3,(H3,12,13,14,15,16). The molecular formula is C11H20N6. The molecule has 1 saturated carbocycles. The van der Waals surface area contributed by atoms with E-state index in [9.17, 15) is 0 Å². The van der Waals surface area contributed by atoms with Crippen LogP contribution in [0, 0.1) is 0 Å². The monoisotopic (exact) mass is 236 g/mol. The zero-order valence-corrected chi connectivity index (χ0v) is 10.7. The van der Waals surface area contributed by atoms with E-state index in [1.165, 1.54) is 19.3 Å². The van der Waals surface area contributed by atoms with Crippen molar-refractivity contribution in [1.82, 2.24) is 15.0 Å². The molecule has 1 aromatic rings. The first-order valence-electron chi connectivity index (χ1n) is 6.02. The van der Waals surface area contributed by atoms with Gasteiger partial charge in [-0.3, -0.25) is 0 Å². The SMILES string of the molecule is CCC1(Nc2nc(N)nc(N(C)C)n2)CCC1. The summed E-state index contributed by atoms with van der Waals surface area (Å²) in [7, 11) is 3.77. The average Bonchev–Trinajstić information content (AvgIpc) is 2.22. The molecule has 0 amide bonds. The number of rotatable bonds is 4. The molecule has 0 spiro atoms. The predicted molar refractivity (Wildman–Crippen MR) is 69.1 cm³/mol. The van der Waals surface area contributed by atoms with Crippen molar-refractivity contribution in [3.63, 3.8) is 0 Å². The van der Waals surface area contributed by atoms with Crippen molar-refractivity contribution < 1.29 is 0 Å². The van der Waals surface area contributed by atoms with E-state index in [0.29, 0.717) is 11.9 Å². The molecule has 0 saturated heterocycles. The van der Waals surface area contributed by atoms with Crippen molar-refractivity contribution >= 4 is 17.8 Å². The highest BCUT2D eigenvalue weighted by molar-refractivity contribution is 5.42. The number of nitrogens with zero attached hydrogens (tertiary/aromatic N) is 4. The topological polar surface area (TPSA) is 80.0 Å². The van der Waals surface area contributed by atoms with Crippen molar-refractivity contribution in [3.05, 3.63) is 0 Å². The molecule has 0 bridgehead atoms. The lowest BCUT2D eigenvalue weighted by molar-refractivity contribution is 0.268. The molecule has 6 nitrogen and oxygen atoms in total. The number of nitrogens with two attached hydrogens (primary N) is 1. The van der Waals surface area contributed by atoms with Crippen LogP contribution >= 0.6 is 0 Å². The van der Waals surface area contributed by atoms with Gasteiger partial charge < -0.3 is 16.0 Å². The van der Waals surface area contributed by atoms with Gasteiger partial charge in [0.2, 0.25) is 17.8 Å². The predicted octanol–water partition coefficient (Wildman–Crippen LogP) is 1.26. The Labute approximate surface area is 102 Å². The summed E-state index contributed by atoms with van der Waals surface area (Å²) in [5.74, 6) is 1.44. The molecule has 0 radical (unpaired) electrons. The van der Waals surface area contributed by atoms with E-state index >= 15 is 0 Å². The molecule has 1 aromatic heterocycles. The van der Waals surface area contributed by atoms with Crippen LogP contribution in [0.1, 0.15) is 32.6 Å². The Hall–Kier alpha value is -1.59. The van der Waals surface area contributed by atoms with E-state index in [1.54, 1.807) is 0 Å². The van der Waals surface area contributed by atoms with E-state index < -0.39 is 0 Å². The fraction of sp³-hybridized carbons (Fsp3) is 0.727. The van der Waals surface area contributed by atoms with Gasteiger partial charge in [-0.25, -0.2) is 0 Å². The smallest absolute Gasteiger partial charge is 0.231 e. The third-order valence-electron chi connectivity index (χ3n) is 3.41. The number of hydrogen-bond acceptors (Lipinski definition) is 6. The molecule has 1 aliphatic carbocycles. The van der Waals surface area contributed by atoms with E-state index in [-0.39, 0.29) is 11.5 Å². The van der Waals surface area contributed by atoms with Gasteiger partial charge in [-0.1, -0.05) is 6.92 Å². The highest BCUT2D eigenvalue weighted by atomic mass is 15.3. The molecule has 94 valence electrons. The minimum absolute atomic E-state index is 0.164. The van der Waals surface area contributed by atoms with E-state index in [4.69, 9.17) is 5.73 Å². The highest BCUT2D eigenvalue weighted by Crippen LogP contribution is 2.37. The lowest BCUT2D eigenvalue weighted by atomic mass is 9.75. The summed E-state index contributed by atoms with van der Waals surface area (Å²) in [4.78, 5) is 14.4. The third kappa shape index (κ3) is 2.40. The molecule has 2 rings (SSSR count). The number of hydrogen-bond donors (Lipinski definition) is 2. The zero-order valence-electron chi connectivity index (χ0n) is 10.7. The Kier molecular flexibility index (Phi) is 3.04. The summed E-state index contributed by atoms with van der Waals surface area (Å²) >= 11 is 0. The minimum Gasteiger partial charge on any atom is -0.368 e. The second kappa shape index (κ2) is 4.35. The maximum Gasteiger partial charge on any atom is 0.231 e. The van der Waals surface area contributed by atoms with Crippen LogP contribution in [-0.4, -0.2) is 34.6 Å². The highest BCUT2D eigenvalue weighted by Gasteiger charge is 2.35. The Morgan fingerprint density at radius 1 is 1.29 bits per heavy atom. The fourth-order valence-corrected chi connectivity index (χ4v) is 2.04. The second-order valence-corrected chi connectivity index (χ2v) is 4.82. The van der Waals surface area contributed by atoms with E-state index in [0.717, 1.165) is 6.42 Å². The summed E-state index contributed by atoms with van der Waals surface area (Å²) in [5.41, 5.74) is 5.85. The molecule has 0 atom stereocenters. The Morgan fingerprint density at radius 3 is 2.47 bits per heavy atom. The first kappa shape index (κ1) is 11.9. The maximum atomic E-state index is 5.69. The van der Waals surface area contributed by atoms with E-state index in [1.807, 2.05) is 19.0 Å². The van der Waals surface area contributed by atoms with Crippen molar-refractivity contribution in [1.29, 1.82) is 0 Å². The van der Waals surface area contributed by atoms with Crippen molar-refractivity contribution in [2.45, 2.75) is 38.1 Å². The van der Waals surface area contributed by atoms with Crippen LogP contribution in [0.3, 0.4) is 0 Å². The van der Waals surface area contributed by atoms with Gasteiger partial charge >= 0.3 is 0 Å². The quantitative estimate of drug-likeness (QED) is 0.819. The summed E-state index contributed by atoms with van der Waals surface area (Å²) < 4.78 is 0. The number of aromatic nitrogens is 3. The van der Waals surface area contributed by atoms with Gasteiger partial charge in [0.25, 0.3) is 0 Å². The van der Waals surface area contributed by atoms with Crippen LogP contribution in [0.25, 0.3) is 0 Å². The number of nitrogen functional groups attached to an aromatic ring is 1. The first-order chi connectivity index (χ1) is 8.04. The van der Waals surface area contributed by atoms with Crippen LogP contribution in [-0.2, 0) is 0 Å². The van der Waals surface area contributed by atoms with Gasteiger partial charge in [0.05, 0.1) is 0 Å². The summed E-state index contributed by atoms with van der Waals surface area (Å²) in [6, 6.07) is 0. The summed E-state index contributed by atoms with van der Waals surface area (Å²) in [5, 5.41) is 3.41. The van der Waals surface area contributed by atoms with E-state index in [2.05, 4.69) is 27.2 Å². The van der Waals surface area contributed by atoms with Crippen LogP contribution in [0.4, 0.5) is 17.8 Å². The molecule has 0 aromatic carbocycles. The van der Waals surface area contributed by atoms with Gasteiger partial charge in [0.1, 0.15) is 0 Å². The largest absolute Gasteiger partial charge is 0.368 e. The van der Waals surface area contributed by atoms with Crippen LogP contribution in [0.2, 0.25) is 0 Å². The molecule has 1 fully saturated rings. The van der Waals surface area contributed by atoms with Crippen molar-refractivity contribution in [2.75, 3.05) is 30.0 Å². The molecule has 17 heavy (non-hydrogen) atoms. The zero-order chi connectivity index (χ0) is 12.5. The molecule has 0 unspecified atom stereocenters. The second-order valence-electron chi connectivity index (χ2n) is 4.82. The Bertz CT molecular complexity index is 393. The maximum absolute atomic E-state index is 5.69. The molecule has 1 heterocycles. The van der Waals surface area contributed by atoms with Crippen LogP contribution in [0.5, 0.6) is 0 Å². The summed E-state index contributed by atoms with van der Waals surface area (Å²) in [6.07, 6.45) is 4.69. The molecule has 1 aliphatic rings. The van der Waals surface area contributed by atoms with Gasteiger partial charge in [0, 0.05) is 19.6 Å². The fourth-order valence-electron chi connectivity index (χ4n) is 2.04. The van der Waals surface area contributed by atoms with Gasteiger partial charge in [-0.2, -0.15) is 15.0 Å².